The number of nitrogens with one attached hydrogen (secondary N) is 1. The van der Waals surface area contributed by atoms with Gasteiger partial charge in [-0.15, -0.1) is 0 Å². The first-order valence-corrected chi connectivity index (χ1v) is 7.35. The summed E-state index contributed by atoms with van der Waals surface area (Å²) < 4.78 is 0. The van der Waals surface area contributed by atoms with Gasteiger partial charge in [0.15, 0.2) is 0 Å². The van der Waals surface area contributed by atoms with Gasteiger partial charge in [0.25, 0.3) is 0 Å². The first-order valence-electron chi connectivity index (χ1n) is 7.35. The molecular weight excluding hydrogens is 252 g/mol. The van der Waals surface area contributed by atoms with Crippen LogP contribution in [0, 0.1) is 0 Å². The summed E-state index contributed by atoms with van der Waals surface area (Å²) in [5.41, 5.74) is 0.522. The van der Waals surface area contributed by atoms with Crippen molar-refractivity contribution in [3.8, 4) is 0 Å². The van der Waals surface area contributed by atoms with Crippen molar-refractivity contribution >= 4 is 11.8 Å². The second kappa shape index (κ2) is 5.27. The summed E-state index contributed by atoms with van der Waals surface area (Å²) in [5, 5.41) is 3.02. The van der Waals surface area contributed by atoms with Crippen LogP contribution >= 0.6 is 0 Å². The molecule has 1 aromatic rings. The maximum absolute atomic E-state index is 12.6. The number of β-lactam (4-membered cyclic amide) rings is 1. The highest BCUT2D eigenvalue weighted by Crippen LogP contribution is 2.38. The number of nitrogens with zero attached hydrogens (tertiary/aromatic N) is 1. The van der Waals surface area contributed by atoms with Crippen LogP contribution in [0.2, 0.25) is 0 Å². The summed E-state index contributed by atoms with van der Waals surface area (Å²) in [5.74, 6) is 0.147. The van der Waals surface area contributed by atoms with Gasteiger partial charge in [0.1, 0.15) is 5.54 Å². The fourth-order valence-corrected chi connectivity index (χ4v) is 3.29. The van der Waals surface area contributed by atoms with Crippen LogP contribution in [0.4, 0.5) is 0 Å². The molecule has 0 radical (unpaired) electrons. The summed E-state index contributed by atoms with van der Waals surface area (Å²) in [7, 11) is 0. The molecule has 1 saturated heterocycles. The lowest BCUT2D eigenvalue weighted by Gasteiger charge is -2.45. The molecule has 0 aromatic heterocycles. The van der Waals surface area contributed by atoms with E-state index in [1.165, 1.54) is 0 Å². The van der Waals surface area contributed by atoms with Crippen LogP contribution < -0.4 is 5.32 Å². The fourth-order valence-electron chi connectivity index (χ4n) is 3.29. The highest BCUT2D eigenvalue weighted by Gasteiger charge is 2.50. The predicted molar refractivity (Wildman–Crippen MR) is 75.8 cm³/mol. The zero-order valence-electron chi connectivity index (χ0n) is 11.6. The van der Waals surface area contributed by atoms with Crippen LogP contribution in [0.3, 0.4) is 0 Å². The third kappa shape index (κ3) is 2.19. The first-order chi connectivity index (χ1) is 9.72. The molecule has 1 saturated carbocycles. The van der Waals surface area contributed by atoms with Gasteiger partial charge in [-0.05, 0) is 18.4 Å². The molecule has 1 aromatic carbocycles. The van der Waals surface area contributed by atoms with Gasteiger partial charge in [-0.25, -0.2) is 0 Å². The standard InChI is InChI=1S/C16H20N2O2/c19-14-8-11-18(14)16(9-4-5-10-16)15(20)17-12-13-6-2-1-3-7-13/h1-3,6-7H,4-5,8-12H2,(H,17,20). The van der Waals surface area contributed by atoms with Gasteiger partial charge in [-0.2, -0.15) is 0 Å². The highest BCUT2D eigenvalue weighted by atomic mass is 16.2. The molecule has 0 bridgehead atoms. The van der Waals surface area contributed by atoms with Crippen molar-refractivity contribution < 1.29 is 9.59 Å². The minimum absolute atomic E-state index is 0.0203. The quantitative estimate of drug-likeness (QED) is 0.850. The maximum atomic E-state index is 12.6. The number of amides is 2. The van der Waals surface area contributed by atoms with Crippen LogP contribution in [0.15, 0.2) is 30.3 Å². The van der Waals surface area contributed by atoms with Crippen molar-refractivity contribution in [3.63, 3.8) is 0 Å². The summed E-state index contributed by atoms with van der Waals surface area (Å²) in [6.07, 6.45) is 4.26. The van der Waals surface area contributed by atoms with Gasteiger partial charge in [0.2, 0.25) is 11.8 Å². The Hall–Kier alpha value is -1.84. The summed E-state index contributed by atoms with van der Waals surface area (Å²) in [4.78, 5) is 26.2. The molecule has 0 spiro atoms. The Labute approximate surface area is 119 Å². The number of benzene rings is 1. The van der Waals surface area contributed by atoms with E-state index in [0.29, 0.717) is 13.0 Å². The average molecular weight is 272 g/mol. The summed E-state index contributed by atoms with van der Waals surface area (Å²) >= 11 is 0. The average Bonchev–Trinajstić information content (AvgIpc) is 2.94. The molecule has 3 rings (SSSR count). The minimum Gasteiger partial charge on any atom is -0.350 e. The SMILES string of the molecule is O=C1CCN1C1(C(=O)NCc2ccccc2)CCCC1. The summed E-state index contributed by atoms with van der Waals surface area (Å²) in [6, 6.07) is 9.88. The Kier molecular flexibility index (Phi) is 3.47. The van der Waals surface area contributed by atoms with E-state index < -0.39 is 5.54 Å². The largest absolute Gasteiger partial charge is 0.350 e. The maximum Gasteiger partial charge on any atom is 0.246 e. The van der Waals surface area contributed by atoms with E-state index in [9.17, 15) is 9.59 Å². The molecular formula is C16H20N2O2. The van der Waals surface area contributed by atoms with Crippen LogP contribution in [0.25, 0.3) is 0 Å². The molecule has 1 heterocycles. The van der Waals surface area contributed by atoms with Gasteiger partial charge in [-0.3, -0.25) is 9.59 Å². The predicted octanol–water partition coefficient (Wildman–Crippen LogP) is 1.85. The lowest BCUT2D eigenvalue weighted by atomic mass is 9.90. The fraction of sp³-hybridized carbons (Fsp3) is 0.500. The van der Waals surface area contributed by atoms with Crippen molar-refractivity contribution in [1.82, 2.24) is 10.2 Å². The van der Waals surface area contributed by atoms with Crippen molar-refractivity contribution in [2.24, 2.45) is 0 Å². The van der Waals surface area contributed by atoms with E-state index in [-0.39, 0.29) is 11.8 Å². The molecule has 4 nitrogen and oxygen atoms in total. The van der Waals surface area contributed by atoms with Gasteiger partial charge >= 0.3 is 0 Å². The van der Waals surface area contributed by atoms with E-state index in [2.05, 4.69) is 5.32 Å². The molecule has 0 unspecified atom stereocenters. The molecule has 20 heavy (non-hydrogen) atoms. The third-order valence-electron chi connectivity index (χ3n) is 4.52. The van der Waals surface area contributed by atoms with Crippen LogP contribution in [-0.2, 0) is 16.1 Å². The Balaban J connectivity index is 1.69. The van der Waals surface area contributed by atoms with Gasteiger partial charge in [0.05, 0.1) is 0 Å². The monoisotopic (exact) mass is 272 g/mol. The molecule has 2 amide bonds. The van der Waals surface area contributed by atoms with Crippen LogP contribution in [-0.4, -0.2) is 28.8 Å². The number of rotatable bonds is 4. The molecule has 0 atom stereocenters. The first kappa shape index (κ1) is 13.2. The number of likely N-dealkylation sites (tertiary alicyclic amines) is 1. The summed E-state index contributed by atoms with van der Waals surface area (Å²) in [6.45, 7) is 1.26. The molecule has 2 fully saturated rings. The van der Waals surface area contributed by atoms with E-state index in [1.807, 2.05) is 30.3 Å². The van der Waals surface area contributed by atoms with Crippen LogP contribution in [0.5, 0.6) is 0 Å². The van der Waals surface area contributed by atoms with Crippen LogP contribution in [0.1, 0.15) is 37.7 Å². The van der Waals surface area contributed by atoms with E-state index in [0.717, 1.165) is 37.8 Å². The Morgan fingerprint density at radius 3 is 2.45 bits per heavy atom. The highest BCUT2D eigenvalue weighted by molar-refractivity contribution is 5.94. The molecule has 106 valence electrons. The lowest BCUT2D eigenvalue weighted by Crippen LogP contribution is -2.64. The van der Waals surface area contributed by atoms with E-state index >= 15 is 0 Å². The second-order valence-corrected chi connectivity index (χ2v) is 5.70. The van der Waals surface area contributed by atoms with Gasteiger partial charge in [0, 0.05) is 19.5 Å². The smallest absolute Gasteiger partial charge is 0.246 e. The number of carbonyl (C=O) groups is 2. The second-order valence-electron chi connectivity index (χ2n) is 5.70. The van der Waals surface area contributed by atoms with Crippen molar-refractivity contribution in [1.29, 1.82) is 0 Å². The lowest BCUT2D eigenvalue weighted by molar-refractivity contribution is -0.156. The van der Waals surface area contributed by atoms with Crippen molar-refractivity contribution in [3.05, 3.63) is 35.9 Å². The molecule has 1 aliphatic carbocycles. The number of hydrogen-bond acceptors (Lipinski definition) is 2. The molecule has 1 aliphatic heterocycles. The zero-order valence-corrected chi connectivity index (χ0v) is 11.6. The van der Waals surface area contributed by atoms with Gasteiger partial charge in [-0.1, -0.05) is 43.2 Å². The number of carbonyl (C=O) groups excluding carboxylic acids is 2. The van der Waals surface area contributed by atoms with Gasteiger partial charge < -0.3 is 10.2 Å². The normalized spacial score (nSPS) is 20.6. The number of hydrogen-bond donors (Lipinski definition) is 1. The molecule has 2 aliphatic rings. The third-order valence-corrected chi connectivity index (χ3v) is 4.52. The molecule has 4 heteroatoms. The van der Waals surface area contributed by atoms with Crippen molar-refractivity contribution in [2.75, 3.05) is 6.54 Å². The zero-order chi connectivity index (χ0) is 14.0. The van der Waals surface area contributed by atoms with E-state index in [4.69, 9.17) is 0 Å². The Morgan fingerprint density at radius 1 is 1.20 bits per heavy atom. The van der Waals surface area contributed by atoms with E-state index in [1.54, 1.807) is 4.90 Å². The topological polar surface area (TPSA) is 49.4 Å². The Bertz CT molecular complexity index is 506. The van der Waals surface area contributed by atoms with Crippen molar-refractivity contribution in [2.45, 2.75) is 44.2 Å². The minimum atomic E-state index is -0.565. The Morgan fingerprint density at radius 2 is 1.90 bits per heavy atom. The molecule has 1 N–H and O–H groups in total.